The van der Waals surface area contributed by atoms with Crippen LogP contribution in [0.4, 0.5) is 5.69 Å². The maximum absolute atomic E-state index is 13.6. The number of hydrogen-bond donors (Lipinski definition) is 1. The molecule has 3 rings (SSSR count). The number of carbonyl (C=O) groups is 2. The van der Waals surface area contributed by atoms with Crippen LogP contribution in [0.1, 0.15) is 31.4 Å². The summed E-state index contributed by atoms with van der Waals surface area (Å²) in [5.74, 6) is -0.267. The summed E-state index contributed by atoms with van der Waals surface area (Å²) in [5, 5.41) is 3.35. The van der Waals surface area contributed by atoms with Crippen LogP contribution in [0, 0.1) is 0 Å². The van der Waals surface area contributed by atoms with E-state index in [1.165, 1.54) is 4.90 Å². The Kier molecular flexibility index (Phi) is 10.8. The van der Waals surface area contributed by atoms with Crippen molar-refractivity contribution in [1.82, 2.24) is 10.2 Å². The molecule has 3 aromatic carbocycles. The van der Waals surface area contributed by atoms with Crippen molar-refractivity contribution in [3.63, 3.8) is 0 Å². The van der Waals surface area contributed by atoms with Crippen molar-refractivity contribution in [2.75, 3.05) is 23.7 Å². The Morgan fingerprint density at radius 1 is 0.949 bits per heavy atom. The number of nitrogens with one attached hydrogen (secondary N) is 1. The molecule has 0 aliphatic heterocycles. The monoisotopic (exact) mass is 571 g/mol. The largest absolute Gasteiger partial charge is 0.489 e. The second-order valence-corrected chi connectivity index (χ2v) is 11.5. The third-order valence-corrected chi connectivity index (χ3v) is 7.43. The van der Waals surface area contributed by atoms with Crippen LogP contribution in [-0.4, -0.2) is 50.5 Å². The number of anilines is 1. The zero-order chi connectivity index (χ0) is 28.4. The molecule has 0 fully saturated rings. The second kappa shape index (κ2) is 14.0. The van der Waals surface area contributed by atoms with Gasteiger partial charge < -0.3 is 15.0 Å². The van der Waals surface area contributed by atoms with Crippen LogP contribution in [0.25, 0.3) is 0 Å². The molecule has 0 bridgehead atoms. The van der Waals surface area contributed by atoms with Gasteiger partial charge in [-0.1, -0.05) is 61.0 Å². The number of halogens is 1. The van der Waals surface area contributed by atoms with Crippen molar-refractivity contribution in [1.29, 1.82) is 0 Å². The molecule has 0 saturated heterocycles. The van der Waals surface area contributed by atoms with E-state index in [4.69, 9.17) is 16.3 Å². The summed E-state index contributed by atoms with van der Waals surface area (Å²) in [4.78, 5) is 27.7. The first-order valence-corrected chi connectivity index (χ1v) is 14.9. The van der Waals surface area contributed by atoms with Gasteiger partial charge in [0.25, 0.3) is 0 Å². The first-order valence-electron chi connectivity index (χ1n) is 12.6. The van der Waals surface area contributed by atoms with Gasteiger partial charge in [0, 0.05) is 18.1 Å². The molecule has 0 heterocycles. The molecule has 0 aliphatic carbocycles. The summed E-state index contributed by atoms with van der Waals surface area (Å²) in [7, 11) is -3.83. The van der Waals surface area contributed by atoms with Gasteiger partial charge in [0.15, 0.2) is 0 Å². The number of nitrogens with zero attached hydrogens (tertiary/aromatic N) is 2. The van der Waals surface area contributed by atoms with Crippen molar-refractivity contribution in [2.45, 2.75) is 39.5 Å². The smallest absolute Gasteiger partial charge is 0.244 e. The quantitative estimate of drug-likeness (QED) is 0.323. The molecule has 0 radical (unpaired) electrons. The molecule has 0 aliphatic rings. The van der Waals surface area contributed by atoms with Crippen LogP contribution in [0.2, 0.25) is 5.02 Å². The molecule has 8 nitrogen and oxygen atoms in total. The Morgan fingerprint density at radius 3 is 2.18 bits per heavy atom. The third kappa shape index (κ3) is 9.01. The first kappa shape index (κ1) is 30.0. The van der Waals surface area contributed by atoms with E-state index in [1.807, 2.05) is 37.3 Å². The number of hydrogen-bond acceptors (Lipinski definition) is 5. The van der Waals surface area contributed by atoms with Crippen molar-refractivity contribution >= 4 is 39.1 Å². The summed E-state index contributed by atoms with van der Waals surface area (Å²) in [6.07, 6.45) is 1.79. The van der Waals surface area contributed by atoms with Gasteiger partial charge >= 0.3 is 0 Å². The van der Waals surface area contributed by atoms with E-state index in [-0.39, 0.29) is 12.5 Å². The first-order chi connectivity index (χ1) is 18.6. The Balaban J connectivity index is 1.80. The second-order valence-electron chi connectivity index (χ2n) is 9.15. The van der Waals surface area contributed by atoms with Gasteiger partial charge in [-0.2, -0.15) is 0 Å². The molecule has 1 unspecified atom stereocenters. The van der Waals surface area contributed by atoms with E-state index >= 15 is 0 Å². The standard InChI is InChI=1S/C29H34ClN3O5S/c1-4-18-31-29(35)22(2)32(19-23-10-12-25(30)13-11-23)28(34)20-33(39(3,36)37)26-14-16-27(17-15-26)38-21-24-8-6-5-7-9-24/h5-17,22H,4,18-21H2,1-3H3,(H,31,35). The minimum atomic E-state index is -3.83. The number of carbonyl (C=O) groups excluding carboxylic acids is 2. The Hall–Kier alpha value is -3.56. The topological polar surface area (TPSA) is 96.0 Å². The lowest BCUT2D eigenvalue weighted by Gasteiger charge is -2.31. The molecule has 3 aromatic rings. The summed E-state index contributed by atoms with van der Waals surface area (Å²) in [6, 6.07) is 22.3. The predicted octanol–water partition coefficient (Wildman–Crippen LogP) is 4.63. The van der Waals surface area contributed by atoms with Gasteiger partial charge in [-0.25, -0.2) is 8.42 Å². The lowest BCUT2D eigenvalue weighted by Crippen LogP contribution is -2.51. The van der Waals surface area contributed by atoms with Crippen molar-refractivity contribution in [2.24, 2.45) is 0 Å². The van der Waals surface area contributed by atoms with Crippen molar-refractivity contribution in [3.8, 4) is 5.75 Å². The molecule has 208 valence electrons. The average molecular weight is 572 g/mol. The van der Waals surface area contributed by atoms with E-state index in [0.717, 1.165) is 28.1 Å². The van der Waals surface area contributed by atoms with E-state index < -0.39 is 28.5 Å². The van der Waals surface area contributed by atoms with E-state index in [0.29, 0.717) is 29.6 Å². The number of sulfonamides is 1. The lowest BCUT2D eigenvalue weighted by atomic mass is 10.1. The minimum Gasteiger partial charge on any atom is -0.489 e. The van der Waals surface area contributed by atoms with Gasteiger partial charge in [0.1, 0.15) is 24.9 Å². The van der Waals surface area contributed by atoms with Crippen molar-refractivity contribution in [3.05, 3.63) is 95.0 Å². The highest BCUT2D eigenvalue weighted by atomic mass is 35.5. The predicted molar refractivity (Wildman–Crippen MR) is 154 cm³/mol. The van der Waals surface area contributed by atoms with Crippen LogP contribution in [0.5, 0.6) is 5.75 Å². The summed E-state index contributed by atoms with van der Waals surface area (Å²) in [6.45, 7) is 4.04. The van der Waals surface area contributed by atoms with Crippen molar-refractivity contribution < 1.29 is 22.7 Å². The summed E-state index contributed by atoms with van der Waals surface area (Å²) in [5.41, 5.74) is 2.07. The SMILES string of the molecule is CCCNC(=O)C(C)N(Cc1ccc(Cl)cc1)C(=O)CN(c1ccc(OCc2ccccc2)cc1)S(C)(=O)=O. The van der Waals surface area contributed by atoms with E-state index in [2.05, 4.69) is 5.32 Å². The number of benzene rings is 3. The van der Waals surface area contributed by atoms with Gasteiger partial charge in [-0.05, 0) is 60.9 Å². The van der Waals surface area contributed by atoms with Crippen LogP contribution < -0.4 is 14.4 Å². The zero-order valence-electron chi connectivity index (χ0n) is 22.3. The Morgan fingerprint density at radius 2 is 1.59 bits per heavy atom. The minimum absolute atomic E-state index is 0.112. The third-order valence-electron chi connectivity index (χ3n) is 6.03. The molecule has 0 aromatic heterocycles. The van der Waals surface area contributed by atoms with Crippen LogP contribution in [-0.2, 0) is 32.8 Å². The normalized spacial score (nSPS) is 11.9. The maximum Gasteiger partial charge on any atom is 0.244 e. The van der Waals surface area contributed by atoms with Crippen LogP contribution in [0.15, 0.2) is 78.9 Å². The number of amides is 2. The van der Waals surface area contributed by atoms with Gasteiger partial charge in [0.2, 0.25) is 21.8 Å². The molecular weight excluding hydrogens is 538 g/mol. The fourth-order valence-corrected chi connectivity index (χ4v) is 4.80. The highest BCUT2D eigenvalue weighted by Crippen LogP contribution is 2.23. The van der Waals surface area contributed by atoms with E-state index in [1.54, 1.807) is 55.5 Å². The van der Waals surface area contributed by atoms with Crippen LogP contribution >= 0.6 is 11.6 Å². The van der Waals surface area contributed by atoms with Gasteiger partial charge in [0.05, 0.1) is 11.9 Å². The molecule has 1 N–H and O–H groups in total. The fraction of sp³-hybridized carbons (Fsp3) is 0.310. The molecule has 10 heteroatoms. The molecule has 2 amide bonds. The highest BCUT2D eigenvalue weighted by Gasteiger charge is 2.30. The Labute approximate surface area is 235 Å². The number of rotatable bonds is 13. The molecular formula is C29H34ClN3O5S. The highest BCUT2D eigenvalue weighted by molar-refractivity contribution is 7.92. The Bertz CT molecular complexity index is 1330. The van der Waals surface area contributed by atoms with Gasteiger partial charge in [-0.3, -0.25) is 13.9 Å². The fourth-order valence-electron chi connectivity index (χ4n) is 3.83. The summed E-state index contributed by atoms with van der Waals surface area (Å²) < 4.78 is 32.3. The summed E-state index contributed by atoms with van der Waals surface area (Å²) >= 11 is 6.00. The van der Waals surface area contributed by atoms with Crippen LogP contribution in [0.3, 0.4) is 0 Å². The maximum atomic E-state index is 13.6. The zero-order valence-corrected chi connectivity index (χ0v) is 23.9. The van der Waals surface area contributed by atoms with E-state index in [9.17, 15) is 18.0 Å². The number of ether oxygens (including phenoxy) is 1. The van der Waals surface area contributed by atoms with Gasteiger partial charge in [-0.15, -0.1) is 0 Å². The lowest BCUT2D eigenvalue weighted by molar-refractivity contribution is -0.139. The molecule has 0 saturated carbocycles. The molecule has 0 spiro atoms. The molecule has 39 heavy (non-hydrogen) atoms. The average Bonchev–Trinajstić information content (AvgIpc) is 2.93. The molecule has 1 atom stereocenters.